The highest BCUT2D eigenvalue weighted by Crippen LogP contribution is 2.48. The van der Waals surface area contributed by atoms with E-state index < -0.39 is 28.5 Å². The standard InChI is InChI=1S/C17H20N4O5S2/c18-4-5-26-8-2-1-3-9-12(8)19-15-10(27-9)6-21(17(25)20-15)16-14(24)13(23)11(7-22)28-16/h1-3,6,11,13-14,16,22-24H,4-5,7,18H2,(H,19,20,25)/t11-,13?,14?,16-/m1/s1. The van der Waals surface area contributed by atoms with E-state index in [1.54, 1.807) is 6.20 Å². The summed E-state index contributed by atoms with van der Waals surface area (Å²) in [6, 6.07) is 5.61. The number of aromatic nitrogens is 2. The fourth-order valence-corrected chi connectivity index (χ4v) is 5.52. The van der Waals surface area contributed by atoms with E-state index in [2.05, 4.69) is 10.3 Å². The Kier molecular flexibility index (Phi) is 5.54. The van der Waals surface area contributed by atoms with Crippen LogP contribution in [0.4, 0.5) is 11.5 Å². The van der Waals surface area contributed by atoms with Crippen LogP contribution < -0.4 is 21.5 Å². The Balaban J connectivity index is 1.67. The molecule has 2 unspecified atom stereocenters. The fourth-order valence-electron chi connectivity index (χ4n) is 3.15. The molecule has 0 saturated carbocycles. The summed E-state index contributed by atoms with van der Waals surface area (Å²) < 4.78 is 6.96. The molecule has 150 valence electrons. The molecule has 2 aromatic rings. The molecule has 0 aliphatic carbocycles. The Morgan fingerprint density at radius 3 is 2.82 bits per heavy atom. The fraction of sp³-hybridized carbons (Fsp3) is 0.412. The Morgan fingerprint density at radius 1 is 1.29 bits per heavy atom. The van der Waals surface area contributed by atoms with Crippen LogP contribution in [0.15, 0.2) is 39.0 Å². The van der Waals surface area contributed by atoms with Gasteiger partial charge in [-0.2, -0.15) is 4.98 Å². The summed E-state index contributed by atoms with van der Waals surface area (Å²) >= 11 is 2.58. The van der Waals surface area contributed by atoms with Gasteiger partial charge in [-0.05, 0) is 12.1 Å². The zero-order chi connectivity index (χ0) is 19.8. The van der Waals surface area contributed by atoms with Gasteiger partial charge in [0.2, 0.25) is 0 Å². The van der Waals surface area contributed by atoms with Crippen molar-refractivity contribution in [3.05, 3.63) is 34.9 Å². The number of hydrogen-bond donors (Lipinski definition) is 5. The summed E-state index contributed by atoms with van der Waals surface area (Å²) in [5.74, 6) is 1.03. The van der Waals surface area contributed by atoms with Crippen molar-refractivity contribution in [1.29, 1.82) is 0 Å². The number of aliphatic hydroxyl groups is 3. The van der Waals surface area contributed by atoms with Crippen LogP contribution in [0.3, 0.4) is 0 Å². The molecule has 11 heteroatoms. The van der Waals surface area contributed by atoms with Gasteiger partial charge in [0.1, 0.15) is 23.8 Å². The molecule has 0 bridgehead atoms. The minimum absolute atomic E-state index is 0.290. The Hall–Kier alpha value is -1.76. The molecular weight excluding hydrogens is 404 g/mol. The number of benzene rings is 1. The van der Waals surface area contributed by atoms with Crippen molar-refractivity contribution in [2.24, 2.45) is 5.73 Å². The molecule has 1 fully saturated rings. The molecule has 4 rings (SSSR count). The van der Waals surface area contributed by atoms with Gasteiger partial charge < -0.3 is 31.1 Å². The molecule has 28 heavy (non-hydrogen) atoms. The summed E-state index contributed by atoms with van der Waals surface area (Å²) in [6.45, 7) is 0.468. The number of fused-ring (bicyclic) bond motifs is 2. The average molecular weight is 425 g/mol. The first kappa shape index (κ1) is 19.6. The molecule has 6 N–H and O–H groups in total. The van der Waals surface area contributed by atoms with Gasteiger partial charge in [0, 0.05) is 17.6 Å². The maximum Gasteiger partial charge on any atom is 0.350 e. The van der Waals surface area contributed by atoms with Crippen molar-refractivity contribution in [1.82, 2.24) is 9.55 Å². The Bertz CT molecular complexity index is 940. The minimum Gasteiger partial charge on any atom is -0.490 e. The van der Waals surface area contributed by atoms with Crippen LogP contribution in [0.2, 0.25) is 0 Å². The van der Waals surface area contributed by atoms with Crippen molar-refractivity contribution >= 4 is 35.0 Å². The van der Waals surface area contributed by atoms with Crippen LogP contribution in [0.25, 0.3) is 0 Å². The number of para-hydroxylation sites is 1. The first-order chi connectivity index (χ1) is 13.5. The monoisotopic (exact) mass is 424 g/mol. The molecule has 2 aliphatic rings. The van der Waals surface area contributed by atoms with E-state index >= 15 is 0 Å². The molecule has 0 amide bonds. The second-order valence-corrected chi connectivity index (χ2v) is 8.81. The molecule has 1 aromatic heterocycles. The molecule has 1 saturated heterocycles. The van der Waals surface area contributed by atoms with Gasteiger partial charge in [-0.1, -0.05) is 17.8 Å². The third kappa shape index (κ3) is 3.38. The lowest BCUT2D eigenvalue weighted by atomic mass is 10.1. The van der Waals surface area contributed by atoms with Crippen molar-refractivity contribution in [2.75, 3.05) is 25.1 Å². The van der Waals surface area contributed by atoms with Crippen molar-refractivity contribution in [2.45, 2.75) is 32.6 Å². The maximum absolute atomic E-state index is 12.6. The topological polar surface area (TPSA) is 143 Å². The van der Waals surface area contributed by atoms with E-state index in [1.165, 1.54) is 16.3 Å². The second-order valence-electron chi connectivity index (χ2n) is 6.37. The van der Waals surface area contributed by atoms with Gasteiger partial charge >= 0.3 is 5.69 Å². The Labute approximate surface area is 168 Å². The van der Waals surface area contributed by atoms with E-state index in [0.29, 0.717) is 29.6 Å². The van der Waals surface area contributed by atoms with Gasteiger partial charge in [0.25, 0.3) is 0 Å². The average Bonchev–Trinajstić information content (AvgIpc) is 2.98. The van der Waals surface area contributed by atoms with E-state index in [-0.39, 0.29) is 6.61 Å². The van der Waals surface area contributed by atoms with Gasteiger partial charge in [-0.3, -0.25) is 4.57 Å². The zero-order valence-electron chi connectivity index (χ0n) is 14.7. The van der Waals surface area contributed by atoms with Crippen molar-refractivity contribution in [3.63, 3.8) is 0 Å². The minimum atomic E-state index is -1.18. The van der Waals surface area contributed by atoms with Crippen molar-refractivity contribution < 1.29 is 20.1 Å². The highest BCUT2D eigenvalue weighted by molar-refractivity contribution is 8.00. The third-order valence-corrected chi connectivity index (χ3v) is 7.18. The largest absolute Gasteiger partial charge is 0.490 e. The van der Waals surface area contributed by atoms with Gasteiger partial charge in [0.05, 0.1) is 28.5 Å². The number of hydrogen-bond acceptors (Lipinski definition) is 10. The first-order valence-corrected chi connectivity index (χ1v) is 10.5. The lowest BCUT2D eigenvalue weighted by molar-refractivity contribution is 0.0101. The van der Waals surface area contributed by atoms with Crippen LogP contribution in [0.1, 0.15) is 5.37 Å². The molecule has 4 atom stereocenters. The van der Waals surface area contributed by atoms with Gasteiger partial charge in [0.15, 0.2) is 5.82 Å². The molecule has 3 heterocycles. The number of thioether (sulfide) groups is 1. The van der Waals surface area contributed by atoms with Crippen molar-refractivity contribution in [3.8, 4) is 5.75 Å². The van der Waals surface area contributed by atoms with E-state index in [1.807, 2.05) is 18.2 Å². The van der Waals surface area contributed by atoms with E-state index in [9.17, 15) is 20.1 Å². The summed E-state index contributed by atoms with van der Waals surface area (Å²) in [4.78, 5) is 18.3. The molecular formula is C17H20N4O5S2. The number of ether oxygens (including phenoxy) is 1. The number of nitrogens with one attached hydrogen (secondary N) is 1. The van der Waals surface area contributed by atoms with Gasteiger partial charge in [-0.15, -0.1) is 11.8 Å². The Morgan fingerprint density at radius 2 is 2.11 bits per heavy atom. The quantitative estimate of drug-likeness (QED) is 0.383. The maximum atomic E-state index is 12.6. The SMILES string of the molecule is NCCOc1cccc2c1Nc1nc(=O)n([C@@H]3S[C@H](CO)C(O)C3O)cc1S2. The lowest BCUT2D eigenvalue weighted by Gasteiger charge is -2.24. The van der Waals surface area contributed by atoms with Crippen LogP contribution >= 0.6 is 23.5 Å². The normalized spacial score (nSPS) is 25.7. The molecule has 1 aromatic carbocycles. The molecule has 9 nitrogen and oxygen atoms in total. The second kappa shape index (κ2) is 7.93. The number of nitrogens with zero attached hydrogens (tertiary/aromatic N) is 2. The summed E-state index contributed by atoms with van der Waals surface area (Å²) in [5.41, 5.74) is 5.67. The van der Waals surface area contributed by atoms with E-state index in [0.717, 1.165) is 22.3 Å². The highest BCUT2D eigenvalue weighted by atomic mass is 32.2. The first-order valence-electron chi connectivity index (χ1n) is 8.70. The van der Waals surface area contributed by atoms with Gasteiger partial charge in [-0.25, -0.2) is 4.79 Å². The van der Waals surface area contributed by atoms with Crippen LogP contribution in [-0.4, -0.2) is 62.1 Å². The summed E-state index contributed by atoms with van der Waals surface area (Å²) in [5, 5.41) is 31.6. The molecule has 0 spiro atoms. The number of aliphatic hydroxyl groups excluding tert-OH is 3. The predicted molar refractivity (Wildman–Crippen MR) is 106 cm³/mol. The highest BCUT2D eigenvalue weighted by Gasteiger charge is 2.43. The third-order valence-electron chi connectivity index (χ3n) is 4.54. The molecule has 0 radical (unpaired) electrons. The summed E-state index contributed by atoms with van der Waals surface area (Å²) in [6.07, 6.45) is -0.673. The lowest BCUT2D eigenvalue weighted by Crippen LogP contribution is -2.36. The number of nitrogens with two attached hydrogens (primary N) is 1. The van der Waals surface area contributed by atoms with Crippen LogP contribution in [0.5, 0.6) is 5.75 Å². The zero-order valence-corrected chi connectivity index (χ0v) is 16.3. The van der Waals surface area contributed by atoms with Crippen LogP contribution in [-0.2, 0) is 0 Å². The summed E-state index contributed by atoms with van der Waals surface area (Å²) in [7, 11) is 0. The smallest absolute Gasteiger partial charge is 0.350 e. The van der Waals surface area contributed by atoms with E-state index in [4.69, 9.17) is 10.5 Å². The number of anilines is 2. The predicted octanol–water partition coefficient (Wildman–Crippen LogP) is 0.117. The van der Waals surface area contributed by atoms with Crippen LogP contribution in [0, 0.1) is 0 Å². The number of rotatable bonds is 5. The molecule has 2 aliphatic heterocycles.